The normalized spacial score (nSPS) is 9.75. The van der Waals surface area contributed by atoms with Gasteiger partial charge in [-0.15, -0.1) is 0 Å². The fourth-order valence-corrected chi connectivity index (χ4v) is 1.19. The van der Waals surface area contributed by atoms with Gasteiger partial charge in [0.05, 0.1) is 26.4 Å². The zero-order chi connectivity index (χ0) is 19.0. The molecule has 7 nitrogen and oxygen atoms in total. The molecule has 0 bridgehead atoms. The predicted molar refractivity (Wildman–Crippen MR) is 90.2 cm³/mol. The molecule has 0 aliphatic rings. The molecule has 0 aliphatic heterocycles. The summed E-state index contributed by atoms with van der Waals surface area (Å²) in [5, 5.41) is 24.0. The third kappa shape index (κ3) is 16.7. The van der Waals surface area contributed by atoms with Gasteiger partial charge in [0.25, 0.3) is 0 Å². The maximum absolute atomic E-state index is 11.0. The topological polar surface area (TPSA) is 113 Å². The zero-order valence-electron chi connectivity index (χ0n) is 14.6. The van der Waals surface area contributed by atoms with Gasteiger partial charge in [-0.1, -0.05) is 13.2 Å². The minimum absolute atomic E-state index is 0.342. The summed E-state index contributed by atoms with van der Waals surface area (Å²) in [5.74, 6) is -0.684. The molecule has 0 fully saturated rings. The molecule has 0 saturated carbocycles. The standard InChI is InChI=1S/C14H22O4.C3H8O3/c1-11(2)13(15)17-9-7-5-6-8-10-18-14(16)12(3)4;4-1-3(6)2-5/h1,3,5-10H2,2,4H3;3-6H,1-2H2. The number of aliphatic hydroxyl groups is 3. The van der Waals surface area contributed by atoms with Crippen LogP contribution in [0.1, 0.15) is 39.5 Å². The number of unbranched alkanes of at least 4 members (excludes halogenated alkanes) is 3. The van der Waals surface area contributed by atoms with Crippen LogP contribution in [-0.2, 0) is 19.1 Å². The highest BCUT2D eigenvalue weighted by molar-refractivity contribution is 5.87. The SMILES string of the molecule is C=C(C)C(=O)OCCCCCCOC(=O)C(=C)C.OCC(O)CO. The third-order valence-electron chi connectivity index (χ3n) is 2.62. The van der Waals surface area contributed by atoms with Crippen LogP contribution in [-0.4, -0.2) is 59.8 Å². The fourth-order valence-electron chi connectivity index (χ4n) is 1.19. The average Bonchev–Trinajstić information content (AvgIpc) is 2.56. The van der Waals surface area contributed by atoms with Crippen LogP contribution in [0.5, 0.6) is 0 Å². The summed E-state index contributed by atoms with van der Waals surface area (Å²) in [6, 6.07) is 0. The van der Waals surface area contributed by atoms with Crippen molar-refractivity contribution in [2.24, 2.45) is 0 Å². The molecule has 140 valence electrons. The van der Waals surface area contributed by atoms with Gasteiger partial charge >= 0.3 is 11.9 Å². The summed E-state index contributed by atoms with van der Waals surface area (Å²) < 4.78 is 9.89. The highest BCUT2D eigenvalue weighted by Gasteiger charge is 2.03. The Bertz CT molecular complexity index is 354. The molecule has 0 amide bonds. The Kier molecular flexibility index (Phi) is 16.5. The zero-order valence-corrected chi connectivity index (χ0v) is 14.6. The first-order chi connectivity index (χ1) is 11.3. The number of esters is 2. The lowest BCUT2D eigenvalue weighted by Gasteiger charge is -2.05. The second-order valence-electron chi connectivity index (χ2n) is 5.27. The fraction of sp³-hybridized carbons (Fsp3) is 0.647. The van der Waals surface area contributed by atoms with Crippen LogP contribution >= 0.6 is 0 Å². The van der Waals surface area contributed by atoms with Gasteiger partial charge in [0.15, 0.2) is 0 Å². The average molecular weight is 346 g/mol. The van der Waals surface area contributed by atoms with Crippen LogP contribution in [0.2, 0.25) is 0 Å². The molecule has 0 aliphatic carbocycles. The van der Waals surface area contributed by atoms with Crippen molar-refractivity contribution in [3.05, 3.63) is 24.3 Å². The van der Waals surface area contributed by atoms with E-state index < -0.39 is 6.10 Å². The Hall–Kier alpha value is -1.70. The van der Waals surface area contributed by atoms with E-state index in [2.05, 4.69) is 13.2 Å². The summed E-state index contributed by atoms with van der Waals surface area (Å²) in [6.45, 7) is 10.3. The Morgan fingerprint density at radius 2 is 1.17 bits per heavy atom. The van der Waals surface area contributed by atoms with E-state index in [0.717, 1.165) is 25.7 Å². The first kappa shape index (κ1) is 24.6. The number of ether oxygens (including phenoxy) is 2. The van der Waals surface area contributed by atoms with Gasteiger partial charge in [-0.25, -0.2) is 9.59 Å². The molecule has 7 heteroatoms. The molecular formula is C17H30O7. The van der Waals surface area contributed by atoms with E-state index in [1.54, 1.807) is 13.8 Å². The molecule has 0 spiro atoms. The minimum atomic E-state index is -0.954. The Labute approximate surface area is 143 Å². The molecular weight excluding hydrogens is 316 g/mol. The summed E-state index contributed by atoms with van der Waals surface area (Å²) in [4.78, 5) is 22.1. The van der Waals surface area contributed by atoms with Crippen LogP contribution in [0.4, 0.5) is 0 Å². The Morgan fingerprint density at radius 1 is 0.833 bits per heavy atom. The van der Waals surface area contributed by atoms with Crippen LogP contribution in [0.15, 0.2) is 24.3 Å². The number of carbonyl (C=O) groups is 2. The molecule has 0 aromatic rings. The summed E-state index contributed by atoms with van der Waals surface area (Å²) in [5.41, 5.74) is 0.836. The van der Waals surface area contributed by atoms with Crippen molar-refractivity contribution in [3.63, 3.8) is 0 Å². The molecule has 0 aromatic carbocycles. The van der Waals surface area contributed by atoms with E-state index in [1.807, 2.05) is 0 Å². The van der Waals surface area contributed by atoms with Gasteiger partial charge in [0.1, 0.15) is 6.10 Å². The van der Waals surface area contributed by atoms with Crippen LogP contribution in [0.3, 0.4) is 0 Å². The molecule has 24 heavy (non-hydrogen) atoms. The summed E-state index contributed by atoms with van der Waals surface area (Å²) in [7, 11) is 0. The van der Waals surface area contributed by atoms with E-state index in [1.165, 1.54) is 0 Å². The molecule has 0 unspecified atom stereocenters. The first-order valence-corrected chi connectivity index (χ1v) is 7.81. The monoisotopic (exact) mass is 346 g/mol. The number of rotatable bonds is 11. The quantitative estimate of drug-likeness (QED) is 0.292. The lowest BCUT2D eigenvalue weighted by molar-refractivity contribution is -0.140. The maximum Gasteiger partial charge on any atom is 0.333 e. The Balaban J connectivity index is 0. The second kappa shape index (κ2) is 16.2. The van der Waals surface area contributed by atoms with Crippen molar-refractivity contribution in [1.82, 2.24) is 0 Å². The number of hydrogen-bond acceptors (Lipinski definition) is 7. The van der Waals surface area contributed by atoms with E-state index in [-0.39, 0.29) is 25.2 Å². The van der Waals surface area contributed by atoms with Crippen molar-refractivity contribution in [3.8, 4) is 0 Å². The lowest BCUT2D eigenvalue weighted by atomic mass is 10.2. The molecule has 3 N–H and O–H groups in total. The van der Waals surface area contributed by atoms with E-state index in [4.69, 9.17) is 24.8 Å². The largest absolute Gasteiger partial charge is 0.462 e. The van der Waals surface area contributed by atoms with Gasteiger partial charge in [-0.05, 0) is 39.5 Å². The summed E-state index contributed by atoms with van der Waals surface area (Å²) in [6.07, 6.45) is 2.55. The van der Waals surface area contributed by atoms with E-state index in [9.17, 15) is 9.59 Å². The maximum atomic E-state index is 11.0. The van der Waals surface area contributed by atoms with Crippen molar-refractivity contribution >= 4 is 11.9 Å². The number of carbonyl (C=O) groups excluding carboxylic acids is 2. The summed E-state index contributed by atoms with van der Waals surface area (Å²) >= 11 is 0. The molecule has 0 rings (SSSR count). The predicted octanol–water partition coefficient (Wildman–Crippen LogP) is 1.12. The third-order valence-corrected chi connectivity index (χ3v) is 2.62. The number of aliphatic hydroxyl groups excluding tert-OH is 3. The van der Waals surface area contributed by atoms with Crippen molar-refractivity contribution in [2.75, 3.05) is 26.4 Å². The van der Waals surface area contributed by atoms with Gasteiger partial charge in [0.2, 0.25) is 0 Å². The molecule has 0 atom stereocenters. The number of hydrogen-bond donors (Lipinski definition) is 3. The van der Waals surface area contributed by atoms with Gasteiger partial charge in [-0.3, -0.25) is 0 Å². The van der Waals surface area contributed by atoms with E-state index >= 15 is 0 Å². The highest BCUT2D eigenvalue weighted by atomic mass is 16.5. The van der Waals surface area contributed by atoms with Crippen LogP contribution in [0.25, 0.3) is 0 Å². The van der Waals surface area contributed by atoms with Crippen LogP contribution in [0, 0.1) is 0 Å². The highest BCUT2D eigenvalue weighted by Crippen LogP contribution is 2.03. The van der Waals surface area contributed by atoms with Crippen molar-refractivity contribution < 1.29 is 34.4 Å². The second-order valence-corrected chi connectivity index (χ2v) is 5.27. The Morgan fingerprint density at radius 3 is 1.38 bits per heavy atom. The molecule has 0 aromatic heterocycles. The lowest BCUT2D eigenvalue weighted by Crippen LogP contribution is -2.15. The van der Waals surface area contributed by atoms with Gasteiger partial charge < -0.3 is 24.8 Å². The van der Waals surface area contributed by atoms with Crippen molar-refractivity contribution in [1.29, 1.82) is 0 Å². The van der Waals surface area contributed by atoms with E-state index in [0.29, 0.717) is 24.4 Å². The van der Waals surface area contributed by atoms with Crippen molar-refractivity contribution in [2.45, 2.75) is 45.6 Å². The molecule has 0 heterocycles. The smallest absolute Gasteiger partial charge is 0.333 e. The molecule has 0 saturated heterocycles. The van der Waals surface area contributed by atoms with Gasteiger partial charge in [-0.2, -0.15) is 0 Å². The molecule has 0 radical (unpaired) electrons. The van der Waals surface area contributed by atoms with Gasteiger partial charge in [0, 0.05) is 11.1 Å². The first-order valence-electron chi connectivity index (χ1n) is 7.81. The minimum Gasteiger partial charge on any atom is -0.462 e. The van der Waals surface area contributed by atoms with Crippen LogP contribution < -0.4 is 0 Å².